The first kappa shape index (κ1) is 34.0. The number of amides is 2. The summed E-state index contributed by atoms with van der Waals surface area (Å²) in [4.78, 5) is 40.1. The summed E-state index contributed by atoms with van der Waals surface area (Å²) in [7, 11) is 0. The van der Waals surface area contributed by atoms with Crippen LogP contribution in [0.1, 0.15) is 106 Å². The third-order valence-electron chi connectivity index (χ3n) is 16.7. The molecule has 274 valence electrons. The number of aliphatic hydroxyl groups is 1. The van der Waals surface area contributed by atoms with Gasteiger partial charge in [0.05, 0.1) is 31.4 Å². The maximum Gasteiger partial charge on any atom is 0.410 e. The number of rotatable bonds is 6. The van der Waals surface area contributed by atoms with Gasteiger partial charge in [-0.3, -0.25) is 4.79 Å². The first-order chi connectivity index (χ1) is 23.1. The summed E-state index contributed by atoms with van der Waals surface area (Å²) in [6.07, 6.45) is 7.18. The fourth-order valence-corrected chi connectivity index (χ4v) is 14.0. The Labute approximate surface area is 292 Å². The van der Waals surface area contributed by atoms with Crippen molar-refractivity contribution >= 4 is 18.7 Å². The highest BCUT2D eigenvalue weighted by Crippen LogP contribution is 2.89. The second-order valence-electron chi connectivity index (χ2n) is 19.1. The van der Waals surface area contributed by atoms with Crippen molar-refractivity contribution in [1.29, 1.82) is 0 Å². The Balaban J connectivity index is 1.01. The molecule has 8 rings (SSSR count). The molecule has 2 spiro atoms. The molecule has 1 N–H and O–H groups in total. The lowest BCUT2D eigenvalue weighted by molar-refractivity contribution is -0.186. The molecule has 0 aromatic heterocycles. The normalized spacial score (nSPS) is 48.3. The SMILES string of the molecule is CC(C)[C@@H](OC(=O)N1CCC1)C1C[C@@H](C)[C@H]2C(O1)[C@H](O)[C@@]1(C)C3CC[C@H]4C(C)(C)C(OC(=O)N5CC(OC=O)C5)CC[C@@]45C[C@@]35CC[C@]21C. The predicted molar refractivity (Wildman–Crippen MR) is 180 cm³/mol. The summed E-state index contributed by atoms with van der Waals surface area (Å²) in [5.74, 6) is 1.61. The molecule has 10 heteroatoms. The molecule has 0 radical (unpaired) electrons. The maximum atomic E-state index is 13.1. The molecule has 3 heterocycles. The van der Waals surface area contributed by atoms with E-state index in [1.54, 1.807) is 9.80 Å². The molecule has 5 saturated carbocycles. The first-order valence-electron chi connectivity index (χ1n) is 19.5. The van der Waals surface area contributed by atoms with Crippen molar-refractivity contribution in [3.05, 3.63) is 0 Å². The number of carbonyl (C=O) groups excluding carboxylic acids is 3. The van der Waals surface area contributed by atoms with Crippen LogP contribution in [-0.2, 0) is 23.7 Å². The number of ether oxygens (including phenoxy) is 4. The third-order valence-corrected chi connectivity index (χ3v) is 16.7. The lowest BCUT2D eigenvalue weighted by atomic mass is 9.41. The minimum atomic E-state index is -0.572. The first-order valence-corrected chi connectivity index (χ1v) is 19.5. The fraction of sp³-hybridized carbons (Fsp3) is 0.923. The summed E-state index contributed by atoms with van der Waals surface area (Å²) in [6, 6.07) is 0. The largest absolute Gasteiger partial charge is 0.461 e. The highest BCUT2D eigenvalue weighted by Gasteiger charge is 2.84. The van der Waals surface area contributed by atoms with Crippen LogP contribution in [-0.4, -0.2) is 96.4 Å². The number of hydrogen-bond donors (Lipinski definition) is 1. The number of carbonyl (C=O) groups is 3. The number of aliphatic hydroxyl groups excluding tert-OH is 1. The van der Waals surface area contributed by atoms with E-state index in [0.29, 0.717) is 37.3 Å². The summed E-state index contributed by atoms with van der Waals surface area (Å²) >= 11 is 0. The molecule has 8 aliphatic rings. The summed E-state index contributed by atoms with van der Waals surface area (Å²) in [6.45, 7) is 18.9. The molecule has 4 unspecified atom stereocenters. The van der Waals surface area contributed by atoms with Gasteiger partial charge in [0.15, 0.2) is 0 Å². The van der Waals surface area contributed by atoms with Gasteiger partial charge < -0.3 is 33.9 Å². The van der Waals surface area contributed by atoms with E-state index in [4.69, 9.17) is 18.9 Å². The summed E-state index contributed by atoms with van der Waals surface area (Å²) < 4.78 is 24.4. The van der Waals surface area contributed by atoms with Gasteiger partial charge in [-0.25, -0.2) is 9.59 Å². The van der Waals surface area contributed by atoms with Gasteiger partial charge in [0.2, 0.25) is 0 Å². The second-order valence-corrected chi connectivity index (χ2v) is 19.1. The van der Waals surface area contributed by atoms with Crippen molar-refractivity contribution in [2.45, 2.75) is 143 Å². The van der Waals surface area contributed by atoms with Crippen LogP contribution in [0.4, 0.5) is 9.59 Å². The Morgan fingerprint density at radius 1 is 0.939 bits per heavy atom. The highest BCUT2D eigenvalue weighted by molar-refractivity contribution is 5.69. The molecule has 0 aromatic rings. The van der Waals surface area contributed by atoms with E-state index in [1.807, 2.05) is 0 Å². The predicted octanol–water partition coefficient (Wildman–Crippen LogP) is 6.03. The maximum absolute atomic E-state index is 13.1. The van der Waals surface area contributed by atoms with E-state index in [-0.39, 0.29) is 81.6 Å². The van der Waals surface area contributed by atoms with Crippen LogP contribution >= 0.6 is 0 Å². The molecule has 3 saturated heterocycles. The van der Waals surface area contributed by atoms with E-state index >= 15 is 0 Å². The molecule has 0 aromatic carbocycles. The van der Waals surface area contributed by atoms with Crippen LogP contribution in [0.25, 0.3) is 0 Å². The van der Waals surface area contributed by atoms with Crippen LogP contribution in [0.5, 0.6) is 0 Å². The van der Waals surface area contributed by atoms with Crippen molar-refractivity contribution < 1.29 is 38.4 Å². The van der Waals surface area contributed by atoms with E-state index in [2.05, 4.69) is 48.5 Å². The van der Waals surface area contributed by atoms with Crippen LogP contribution in [0.3, 0.4) is 0 Å². The highest BCUT2D eigenvalue weighted by atomic mass is 16.6. The zero-order valence-corrected chi connectivity index (χ0v) is 30.8. The number of nitrogens with zero attached hydrogens (tertiary/aromatic N) is 2. The number of fused-ring (bicyclic) bond motifs is 4. The average molecular weight is 685 g/mol. The Morgan fingerprint density at radius 3 is 2.29 bits per heavy atom. The van der Waals surface area contributed by atoms with Crippen molar-refractivity contribution in [2.24, 2.45) is 56.7 Å². The van der Waals surface area contributed by atoms with Crippen molar-refractivity contribution in [1.82, 2.24) is 9.80 Å². The van der Waals surface area contributed by atoms with Gasteiger partial charge in [0.1, 0.15) is 18.3 Å². The number of likely N-dealkylation sites (tertiary alicyclic amines) is 2. The van der Waals surface area contributed by atoms with Crippen LogP contribution in [0.2, 0.25) is 0 Å². The van der Waals surface area contributed by atoms with Crippen LogP contribution in [0, 0.1) is 56.7 Å². The van der Waals surface area contributed by atoms with Gasteiger partial charge in [-0.1, -0.05) is 48.5 Å². The van der Waals surface area contributed by atoms with Gasteiger partial charge in [-0.05, 0) is 104 Å². The Bertz CT molecular complexity index is 1360. The van der Waals surface area contributed by atoms with E-state index in [0.717, 1.165) is 58.0 Å². The zero-order valence-electron chi connectivity index (χ0n) is 30.8. The zero-order chi connectivity index (χ0) is 34.9. The lowest BCUT2D eigenvalue weighted by Gasteiger charge is -2.63. The minimum Gasteiger partial charge on any atom is -0.461 e. The molecule has 49 heavy (non-hydrogen) atoms. The smallest absolute Gasteiger partial charge is 0.410 e. The monoisotopic (exact) mass is 684 g/mol. The summed E-state index contributed by atoms with van der Waals surface area (Å²) in [5, 5.41) is 12.6. The molecule has 3 aliphatic heterocycles. The van der Waals surface area contributed by atoms with Gasteiger partial charge in [0.25, 0.3) is 6.47 Å². The van der Waals surface area contributed by atoms with E-state index in [1.165, 1.54) is 12.8 Å². The molecule has 5 aliphatic carbocycles. The molecular weight excluding hydrogens is 624 g/mol. The van der Waals surface area contributed by atoms with Gasteiger partial charge >= 0.3 is 12.2 Å². The molecular formula is C39H60N2O8. The standard InChI is InChI=1S/C39H60N2O8/c1-22(2)30(49-33(44)40-15-8-16-40)25-17-23(3)29-31(47-25)32(43)37(7)27-10-9-26-35(4,5)28(48-34(45)41-18-24(19-41)46-21-42)11-12-38(26)20-39(27,38)14-13-36(29,37)6/h21-32,43H,8-20H2,1-7H3/t23-,25?,26+,27?,28?,29+,30-,31?,32+,36-,37-,38-,39+/m1/s1. The molecule has 0 bridgehead atoms. The van der Waals surface area contributed by atoms with Gasteiger partial charge in [0, 0.05) is 23.9 Å². The van der Waals surface area contributed by atoms with E-state index < -0.39 is 6.10 Å². The van der Waals surface area contributed by atoms with Crippen LogP contribution < -0.4 is 0 Å². The molecule has 8 fully saturated rings. The Kier molecular flexibility index (Phi) is 7.79. The lowest BCUT2D eigenvalue weighted by Crippen LogP contribution is -2.60. The third kappa shape index (κ3) is 4.46. The quantitative estimate of drug-likeness (QED) is 0.267. The van der Waals surface area contributed by atoms with Crippen LogP contribution in [0.15, 0.2) is 0 Å². The van der Waals surface area contributed by atoms with Crippen molar-refractivity contribution in [3.63, 3.8) is 0 Å². The molecule has 13 atom stereocenters. The second kappa shape index (κ2) is 11.2. The Hall–Kier alpha value is -2.07. The van der Waals surface area contributed by atoms with Crippen molar-refractivity contribution in [3.8, 4) is 0 Å². The Morgan fingerprint density at radius 2 is 1.63 bits per heavy atom. The van der Waals surface area contributed by atoms with Gasteiger partial charge in [-0.15, -0.1) is 0 Å². The summed E-state index contributed by atoms with van der Waals surface area (Å²) in [5.41, 5.74) is -0.0360. The van der Waals surface area contributed by atoms with E-state index in [9.17, 15) is 19.5 Å². The van der Waals surface area contributed by atoms with Gasteiger partial charge in [-0.2, -0.15) is 0 Å². The topological polar surface area (TPSA) is 115 Å². The molecule has 10 nitrogen and oxygen atoms in total. The number of hydrogen-bond acceptors (Lipinski definition) is 8. The molecule has 2 amide bonds. The minimum absolute atomic E-state index is 0.0411. The average Bonchev–Trinajstić information content (AvgIpc) is 3.62. The van der Waals surface area contributed by atoms with Crippen molar-refractivity contribution in [2.75, 3.05) is 26.2 Å². The fourth-order valence-electron chi connectivity index (χ4n) is 14.0.